The van der Waals surface area contributed by atoms with Crippen LogP contribution in [0.25, 0.3) is 0 Å². The Labute approximate surface area is 163 Å². The molecule has 148 valence electrons. The highest BCUT2D eigenvalue weighted by Gasteiger charge is 2.42. The standard InChI is InChI=1S/C21H25FN4O2/c1-2-26-18(9-10-23-26)21(28)24-13-16-6-4-8-20(27)25(19(16)14-24)12-15-5-3-7-17(22)11-15/h3,5,7,9-11,16,19H,2,4,6,8,12-14H2,1H3. The molecule has 2 aliphatic heterocycles. The predicted octanol–water partition coefficient (Wildman–Crippen LogP) is 2.70. The Bertz CT molecular complexity index is 881. The molecule has 2 saturated heterocycles. The number of nitrogens with zero attached hydrogens (tertiary/aromatic N) is 4. The van der Waals surface area contributed by atoms with E-state index in [4.69, 9.17) is 0 Å². The molecule has 6 nitrogen and oxygen atoms in total. The van der Waals surface area contributed by atoms with Gasteiger partial charge in [0.2, 0.25) is 5.91 Å². The molecule has 0 aliphatic carbocycles. The quantitative estimate of drug-likeness (QED) is 0.814. The Morgan fingerprint density at radius 2 is 2.14 bits per heavy atom. The van der Waals surface area contributed by atoms with Crippen molar-refractivity contribution < 1.29 is 14.0 Å². The molecule has 2 fully saturated rings. The van der Waals surface area contributed by atoms with Crippen molar-refractivity contribution in [1.82, 2.24) is 19.6 Å². The third-order valence-corrected chi connectivity index (χ3v) is 5.86. The summed E-state index contributed by atoms with van der Waals surface area (Å²) in [6, 6.07) is 8.11. The second-order valence-electron chi connectivity index (χ2n) is 7.61. The molecule has 7 heteroatoms. The number of carbonyl (C=O) groups excluding carboxylic acids is 2. The SMILES string of the molecule is CCn1nccc1C(=O)N1CC2CCCC(=O)N(Cc3cccc(F)c3)C2C1. The van der Waals surface area contributed by atoms with Gasteiger partial charge in [0.25, 0.3) is 5.91 Å². The number of aromatic nitrogens is 2. The van der Waals surface area contributed by atoms with E-state index >= 15 is 0 Å². The van der Waals surface area contributed by atoms with Crippen LogP contribution in [0.1, 0.15) is 42.2 Å². The Kier molecular flexibility index (Phi) is 5.15. The summed E-state index contributed by atoms with van der Waals surface area (Å²) in [6.45, 7) is 4.13. The summed E-state index contributed by atoms with van der Waals surface area (Å²) in [7, 11) is 0. The second kappa shape index (κ2) is 7.73. The summed E-state index contributed by atoms with van der Waals surface area (Å²) in [6.07, 6.45) is 3.91. The molecule has 1 aromatic carbocycles. The van der Waals surface area contributed by atoms with Gasteiger partial charge in [0.15, 0.2) is 0 Å². The van der Waals surface area contributed by atoms with Crippen LogP contribution in [0.15, 0.2) is 36.5 Å². The van der Waals surface area contributed by atoms with E-state index in [2.05, 4.69) is 5.10 Å². The molecule has 28 heavy (non-hydrogen) atoms. The zero-order valence-electron chi connectivity index (χ0n) is 16.1. The lowest BCUT2D eigenvalue weighted by atomic mass is 9.98. The van der Waals surface area contributed by atoms with Crippen LogP contribution >= 0.6 is 0 Å². The fourth-order valence-corrected chi connectivity index (χ4v) is 4.47. The van der Waals surface area contributed by atoms with Gasteiger partial charge in [0, 0.05) is 38.8 Å². The molecule has 1 aromatic heterocycles. The van der Waals surface area contributed by atoms with Gasteiger partial charge in [-0.3, -0.25) is 14.3 Å². The smallest absolute Gasteiger partial charge is 0.272 e. The summed E-state index contributed by atoms with van der Waals surface area (Å²) >= 11 is 0. The number of aryl methyl sites for hydroxylation is 1. The zero-order valence-corrected chi connectivity index (χ0v) is 16.1. The molecule has 0 bridgehead atoms. The minimum atomic E-state index is -0.299. The summed E-state index contributed by atoms with van der Waals surface area (Å²) in [4.78, 5) is 29.5. The van der Waals surface area contributed by atoms with Crippen LogP contribution in [0.3, 0.4) is 0 Å². The largest absolute Gasteiger partial charge is 0.335 e. The summed E-state index contributed by atoms with van der Waals surface area (Å²) in [5.41, 5.74) is 1.37. The van der Waals surface area contributed by atoms with E-state index in [1.54, 1.807) is 23.0 Å². The number of benzene rings is 1. The highest BCUT2D eigenvalue weighted by atomic mass is 19.1. The van der Waals surface area contributed by atoms with Crippen LogP contribution in [0, 0.1) is 11.7 Å². The average Bonchev–Trinajstić information content (AvgIpc) is 3.30. The van der Waals surface area contributed by atoms with Crippen molar-refractivity contribution in [3.63, 3.8) is 0 Å². The number of hydrogen-bond donors (Lipinski definition) is 0. The van der Waals surface area contributed by atoms with E-state index in [1.807, 2.05) is 22.8 Å². The van der Waals surface area contributed by atoms with Crippen molar-refractivity contribution in [2.45, 2.75) is 45.3 Å². The molecule has 2 aliphatic rings. The molecule has 0 N–H and O–H groups in total. The maximum absolute atomic E-state index is 13.6. The Morgan fingerprint density at radius 3 is 2.93 bits per heavy atom. The maximum Gasteiger partial charge on any atom is 0.272 e. The number of amides is 2. The lowest BCUT2D eigenvalue weighted by Gasteiger charge is -2.30. The summed E-state index contributed by atoms with van der Waals surface area (Å²) in [5, 5.41) is 4.19. The van der Waals surface area contributed by atoms with E-state index in [-0.39, 0.29) is 29.6 Å². The fraction of sp³-hybridized carbons (Fsp3) is 0.476. The Hall–Kier alpha value is -2.70. The van der Waals surface area contributed by atoms with Crippen LogP contribution in [-0.4, -0.2) is 50.5 Å². The van der Waals surface area contributed by atoms with Gasteiger partial charge in [0.1, 0.15) is 11.5 Å². The lowest BCUT2D eigenvalue weighted by Crippen LogP contribution is -2.43. The number of likely N-dealkylation sites (tertiary alicyclic amines) is 2. The molecule has 2 aromatic rings. The topological polar surface area (TPSA) is 58.4 Å². The van der Waals surface area contributed by atoms with Gasteiger partial charge in [-0.1, -0.05) is 12.1 Å². The van der Waals surface area contributed by atoms with E-state index in [9.17, 15) is 14.0 Å². The van der Waals surface area contributed by atoms with Crippen molar-refractivity contribution in [3.05, 3.63) is 53.6 Å². The monoisotopic (exact) mass is 384 g/mol. The van der Waals surface area contributed by atoms with Crippen molar-refractivity contribution in [2.75, 3.05) is 13.1 Å². The fourth-order valence-electron chi connectivity index (χ4n) is 4.47. The average molecular weight is 384 g/mol. The Balaban J connectivity index is 1.55. The van der Waals surface area contributed by atoms with E-state index in [0.717, 1.165) is 18.4 Å². The lowest BCUT2D eigenvalue weighted by molar-refractivity contribution is -0.133. The van der Waals surface area contributed by atoms with Gasteiger partial charge >= 0.3 is 0 Å². The molecule has 2 unspecified atom stereocenters. The van der Waals surface area contributed by atoms with E-state index in [1.165, 1.54) is 12.1 Å². The molecule has 2 atom stereocenters. The molecule has 0 saturated carbocycles. The first kappa shape index (κ1) is 18.7. The zero-order chi connectivity index (χ0) is 19.7. The number of halogens is 1. The first-order valence-corrected chi connectivity index (χ1v) is 9.92. The molecular weight excluding hydrogens is 359 g/mol. The van der Waals surface area contributed by atoms with Crippen LogP contribution in [-0.2, 0) is 17.9 Å². The van der Waals surface area contributed by atoms with Crippen LogP contribution in [0.4, 0.5) is 4.39 Å². The molecule has 0 radical (unpaired) electrons. The van der Waals surface area contributed by atoms with E-state index in [0.29, 0.717) is 38.3 Å². The third-order valence-electron chi connectivity index (χ3n) is 5.86. The minimum absolute atomic E-state index is 0.0276. The van der Waals surface area contributed by atoms with Crippen molar-refractivity contribution >= 4 is 11.8 Å². The second-order valence-corrected chi connectivity index (χ2v) is 7.61. The van der Waals surface area contributed by atoms with Crippen molar-refractivity contribution in [1.29, 1.82) is 0 Å². The normalized spacial score (nSPS) is 22.3. The van der Waals surface area contributed by atoms with Gasteiger partial charge in [-0.25, -0.2) is 4.39 Å². The van der Waals surface area contributed by atoms with Gasteiger partial charge < -0.3 is 9.80 Å². The number of rotatable bonds is 4. The highest BCUT2D eigenvalue weighted by Crippen LogP contribution is 2.32. The molecule has 3 heterocycles. The number of carbonyl (C=O) groups is 2. The minimum Gasteiger partial charge on any atom is -0.335 e. The van der Waals surface area contributed by atoms with Gasteiger partial charge in [-0.2, -0.15) is 5.10 Å². The highest BCUT2D eigenvalue weighted by molar-refractivity contribution is 5.93. The van der Waals surface area contributed by atoms with Gasteiger partial charge in [0.05, 0.1) is 6.04 Å². The first-order chi connectivity index (χ1) is 13.6. The van der Waals surface area contributed by atoms with Crippen LogP contribution in [0.2, 0.25) is 0 Å². The van der Waals surface area contributed by atoms with Crippen LogP contribution < -0.4 is 0 Å². The third kappa shape index (κ3) is 3.53. The Morgan fingerprint density at radius 1 is 1.29 bits per heavy atom. The molecule has 0 spiro atoms. The summed E-state index contributed by atoms with van der Waals surface area (Å²) in [5.74, 6) is 0.00423. The summed E-state index contributed by atoms with van der Waals surface area (Å²) < 4.78 is 15.3. The van der Waals surface area contributed by atoms with Crippen molar-refractivity contribution in [2.24, 2.45) is 5.92 Å². The molecule has 4 rings (SSSR count). The van der Waals surface area contributed by atoms with Crippen LogP contribution in [0.5, 0.6) is 0 Å². The van der Waals surface area contributed by atoms with Crippen molar-refractivity contribution in [3.8, 4) is 0 Å². The molecular formula is C21H25FN4O2. The van der Waals surface area contributed by atoms with Gasteiger partial charge in [-0.15, -0.1) is 0 Å². The van der Waals surface area contributed by atoms with Gasteiger partial charge in [-0.05, 0) is 49.4 Å². The maximum atomic E-state index is 13.6. The predicted molar refractivity (Wildman–Crippen MR) is 102 cm³/mol. The first-order valence-electron chi connectivity index (χ1n) is 9.92. The van der Waals surface area contributed by atoms with E-state index < -0.39 is 0 Å². The molecule has 2 amide bonds. The number of fused-ring (bicyclic) bond motifs is 1. The number of hydrogen-bond acceptors (Lipinski definition) is 3.